The Kier molecular flexibility index (Phi) is 7.11. The van der Waals surface area contributed by atoms with Gasteiger partial charge in [-0.15, -0.1) is 0 Å². The number of methoxy groups -OCH3 is 1. The number of pyridine rings is 1. The molecule has 4 rings (SSSR count). The average Bonchev–Trinajstić information content (AvgIpc) is 3.14. The fourth-order valence-corrected chi connectivity index (χ4v) is 5.40. The SMILES string of the molecule is COC(O)N1c2ccc3c(nc(CCn4ccccc4=O)n3CCCS(C)(=O)=O)c2CC[C@@H]1C. The maximum absolute atomic E-state index is 12.2. The third kappa shape index (κ3) is 5.03. The van der Waals surface area contributed by atoms with E-state index in [0.29, 0.717) is 25.9 Å². The Morgan fingerprint density at radius 3 is 2.74 bits per heavy atom. The van der Waals surface area contributed by atoms with E-state index in [9.17, 15) is 18.3 Å². The molecule has 34 heavy (non-hydrogen) atoms. The number of imidazole rings is 1. The van der Waals surface area contributed by atoms with E-state index in [1.54, 1.807) is 16.8 Å². The van der Waals surface area contributed by atoms with Crippen molar-refractivity contribution in [1.29, 1.82) is 0 Å². The van der Waals surface area contributed by atoms with Gasteiger partial charge in [0.25, 0.3) is 5.56 Å². The van der Waals surface area contributed by atoms with Gasteiger partial charge in [-0.2, -0.15) is 0 Å². The summed E-state index contributed by atoms with van der Waals surface area (Å²) in [5, 5.41) is 10.4. The zero-order chi connectivity index (χ0) is 24.5. The molecule has 2 atom stereocenters. The maximum Gasteiger partial charge on any atom is 0.250 e. The first kappa shape index (κ1) is 24.4. The molecule has 0 fully saturated rings. The van der Waals surface area contributed by atoms with E-state index in [1.165, 1.54) is 19.4 Å². The topological polar surface area (TPSA) is 107 Å². The lowest BCUT2D eigenvalue weighted by Crippen LogP contribution is -2.45. The van der Waals surface area contributed by atoms with Gasteiger partial charge >= 0.3 is 0 Å². The van der Waals surface area contributed by atoms with Gasteiger partial charge in [0.1, 0.15) is 15.7 Å². The Hall–Kier alpha value is -2.69. The van der Waals surface area contributed by atoms with Crippen molar-refractivity contribution >= 4 is 26.6 Å². The predicted molar refractivity (Wildman–Crippen MR) is 132 cm³/mol. The Labute approximate surface area is 199 Å². The van der Waals surface area contributed by atoms with Gasteiger partial charge in [-0.05, 0) is 44.4 Å². The highest BCUT2D eigenvalue weighted by Gasteiger charge is 2.30. The van der Waals surface area contributed by atoms with Crippen molar-refractivity contribution in [3.05, 3.63) is 58.3 Å². The number of aryl methyl sites for hydroxylation is 4. The van der Waals surface area contributed by atoms with Gasteiger partial charge in [0.15, 0.2) is 0 Å². The molecule has 1 N–H and O–H groups in total. The molecule has 0 radical (unpaired) electrons. The van der Waals surface area contributed by atoms with Gasteiger partial charge in [0.05, 0.1) is 16.8 Å². The van der Waals surface area contributed by atoms with E-state index in [4.69, 9.17) is 9.72 Å². The van der Waals surface area contributed by atoms with E-state index in [-0.39, 0.29) is 17.4 Å². The minimum Gasteiger partial charge on any atom is -0.351 e. The molecular weight excluding hydrogens is 456 g/mol. The van der Waals surface area contributed by atoms with Crippen molar-refractivity contribution < 1.29 is 18.3 Å². The number of benzene rings is 1. The van der Waals surface area contributed by atoms with Crippen LogP contribution < -0.4 is 10.5 Å². The summed E-state index contributed by atoms with van der Waals surface area (Å²) in [4.78, 5) is 19.0. The molecule has 3 aromatic rings. The normalized spacial score (nSPS) is 17.2. The van der Waals surface area contributed by atoms with Gasteiger partial charge < -0.3 is 23.9 Å². The monoisotopic (exact) mass is 488 g/mol. The Bertz CT molecular complexity index is 1330. The second-order valence-corrected chi connectivity index (χ2v) is 11.2. The van der Waals surface area contributed by atoms with Crippen molar-refractivity contribution in [3.63, 3.8) is 0 Å². The highest BCUT2D eigenvalue weighted by Crippen LogP contribution is 2.37. The zero-order valence-corrected chi connectivity index (χ0v) is 20.7. The number of hydrogen-bond donors (Lipinski definition) is 1. The second kappa shape index (κ2) is 9.89. The lowest BCUT2D eigenvalue weighted by atomic mass is 9.95. The van der Waals surface area contributed by atoms with E-state index >= 15 is 0 Å². The van der Waals surface area contributed by atoms with Crippen LogP contribution in [-0.4, -0.2) is 59.2 Å². The number of aliphatic hydroxyl groups excluding tert-OH is 1. The first-order valence-electron chi connectivity index (χ1n) is 11.5. The molecule has 0 aliphatic carbocycles. The van der Waals surface area contributed by atoms with Crippen LogP contribution in [0.4, 0.5) is 5.69 Å². The molecule has 0 amide bonds. The standard InChI is InChI=1S/C24H32N4O5S/c1-17-8-9-18-19(28(17)24(30)33-2)10-11-20-23(18)25-21(27(20)14-6-16-34(3,31)32)12-15-26-13-5-4-7-22(26)29/h4-5,7,10-11,13,17,24,30H,6,8-9,12,14-16H2,1-3H3/t17-,24?/m0/s1. The van der Waals surface area contributed by atoms with Gasteiger partial charge in [-0.1, -0.05) is 6.07 Å². The summed E-state index contributed by atoms with van der Waals surface area (Å²) in [5.41, 5.74) is 3.66. The molecule has 1 aromatic carbocycles. The van der Waals surface area contributed by atoms with Gasteiger partial charge in [0, 0.05) is 62.4 Å². The van der Waals surface area contributed by atoms with Crippen molar-refractivity contribution in [1.82, 2.24) is 14.1 Å². The summed E-state index contributed by atoms with van der Waals surface area (Å²) in [6.45, 7) is 3.05. The quantitative estimate of drug-likeness (QED) is 0.459. The second-order valence-electron chi connectivity index (χ2n) is 8.93. The van der Waals surface area contributed by atoms with Gasteiger partial charge in [-0.25, -0.2) is 13.4 Å². The fourth-order valence-electron chi connectivity index (χ4n) is 4.74. The van der Waals surface area contributed by atoms with E-state index in [1.807, 2.05) is 23.1 Å². The van der Waals surface area contributed by atoms with E-state index in [0.717, 1.165) is 41.0 Å². The predicted octanol–water partition coefficient (Wildman–Crippen LogP) is 1.94. The highest BCUT2D eigenvalue weighted by atomic mass is 32.2. The summed E-state index contributed by atoms with van der Waals surface area (Å²) in [6.07, 6.45) is 4.63. The minimum atomic E-state index is -3.07. The summed E-state index contributed by atoms with van der Waals surface area (Å²) < 4.78 is 32.3. The van der Waals surface area contributed by atoms with Crippen LogP contribution in [0, 0.1) is 0 Å². The van der Waals surface area contributed by atoms with Gasteiger partial charge in [0.2, 0.25) is 6.41 Å². The van der Waals surface area contributed by atoms with Gasteiger partial charge in [-0.3, -0.25) is 4.79 Å². The first-order chi connectivity index (χ1) is 16.2. The number of aromatic nitrogens is 3. The van der Waals surface area contributed by atoms with Crippen molar-refractivity contribution in [2.24, 2.45) is 0 Å². The zero-order valence-electron chi connectivity index (χ0n) is 19.8. The maximum atomic E-state index is 12.2. The number of hydrogen-bond acceptors (Lipinski definition) is 7. The molecule has 2 aromatic heterocycles. The number of rotatable bonds is 9. The van der Waals surface area contributed by atoms with Crippen LogP contribution in [-0.2, 0) is 40.5 Å². The summed E-state index contributed by atoms with van der Waals surface area (Å²) >= 11 is 0. The van der Waals surface area contributed by atoms with Crippen LogP contribution in [0.5, 0.6) is 0 Å². The number of anilines is 1. The van der Waals surface area contributed by atoms with Crippen molar-refractivity contribution in [3.8, 4) is 0 Å². The molecule has 10 heteroatoms. The third-order valence-corrected chi connectivity index (χ3v) is 7.50. The number of ether oxygens (including phenoxy) is 1. The number of sulfone groups is 1. The minimum absolute atomic E-state index is 0.0715. The van der Waals surface area contributed by atoms with Crippen LogP contribution in [0.15, 0.2) is 41.3 Å². The molecule has 0 spiro atoms. The molecule has 0 saturated heterocycles. The number of nitrogens with zero attached hydrogens (tertiary/aromatic N) is 4. The molecule has 0 bridgehead atoms. The van der Waals surface area contributed by atoms with Crippen LogP contribution in [0.2, 0.25) is 0 Å². The average molecular weight is 489 g/mol. The van der Waals surface area contributed by atoms with Crippen molar-refractivity contribution in [2.45, 2.75) is 58.2 Å². The van der Waals surface area contributed by atoms with Crippen LogP contribution in [0.3, 0.4) is 0 Å². The molecule has 3 heterocycles. The fraction of sp³-hybridized carbons (Fsp3) is 0.500. The lowest BCUT2D eigenvalue weighted by Gasteiger charge is -2.39. The summed E-state index contributed by atoms with van der Waals surface area (Å²) in [6, 6.07) is 9.14. The first-order valence-corrected chi connectivity index (χ1v) is 13.6. The Balaban J connectivity index is 1.75. The smallest absolute Gasteiger partial charge is 0.250 e. The van der Waals surface area contributed by atoms with Crippen LogP contribution in [0.25, 0.3) is 11.0 Å². The van der Waals surface area contributed by atoms with E-state index < -0.39 is 16.3 Å². The van der Waals surface area contributed by atoms with Crippen LogP contribution >= 0.6 is 0 Å². The summed E-state index contributed by atoms with van der Waals surface area (Å²) in [5.74, 6) is 0.908. The Morgan fingerprint density at radius 2 is 2.03 bits per heavy atom. The Morgan fingerprint density at radius 1 is 1.24 bits per heavy atom. The van der Waals surface area contributed by atoms with Crippen molar-refractivity contribution in [2.75, 3.05) is 24.0 Å². The third-order valence-electron chi connectivity index (χ3n) is 6.47. The summed E-state index contributed by atoms with van der Waals surface area (Å²) in [7, 11) is -1.60. The molecule has 184 valence electrons. The molecule has 9 nitrogen and oxygen atoms in total. The highest BCUT2D eigenvalue weighted by molar-refractivity contribution is 7.90. The lowest BCUT2D eigenvalue weighted by molar-refractivity contribution is -0.0794. The molecule has 1 aliphatic heterocycles. The molecular formula is C24H32N4O5S. The number of fused-ring (bicyclic) bond motifs is 3. The molecule has 1 unspecified atom stereocenters. The largest absolute Gasteiger partial charge is 0.351 e. The molecule has 0 saturated carbocycles. The number of aliphatic hydroxyl groups is 1. The van der Waals surface area contributed by atoms with E-state index in [2.05, 4.69) is 11.5 Å². The van der Waals surface area contributed by atoms with Crippen LogP contribution in [0.1, 0.15) is 31.2 Å². The molecule has 1 aliphatic rings.